The van der Waals surface area contributed by atoms with Gasteiger partial charge >= 0.3 is 5.97 Å². The van der Waals surface area contributed by atoms with Crippen LogP contribution < -0.4 is 5.32 Å². The molecule has 378 valence electrons. The summed E-state index contributed by atoms with van der Waals surface area (Å²) >= 11 is 0. The average molecular weight is 903 g/mol. The van der Waals surface area contributed by atoms with E-state index < -0.39 is 18.2 Å². The third kappa shape index (κ3) is 46.9. The van der Waals surface area contributed by atoms with Crippen LogP contribution in [0.3, 0.4) is 0 Å². The number of aliphatic hydroxyl groups is 2. The molecule has 0 spiro atoms. The molecule has 0 aromatic carbocycles. The number of aliphatic hydroxyl groups excluding tert-OH is 2. The smallest absolute Gasteiger partial charge is 0.306 e. The highest BCUT2D eigenvalue weighted by Crippen LogP contribution is 2.18. The number of rotatable bonds is 52. The molecular formula is C58H111NO5. The van der Waals surface area contributed by atoms with Gasteiger partial charge in [0.2, 0.25) is 5.91 Å². The second-order valence-corrected chi connectivity index (χ2v) is 19.7. The molecule has 0 aliphatic carbocycles. The molecule has 6 nitrogen and oxygen atoms in total. The fourth-order valence-electron chi connectivity index (χ4n) is 8.89. The van der Waals surface area contributed by atoms with E-state index in [4.69, 9.17) is 4.74 Å². The van der Waals surface area contributed by atoms with Gasteiger partial charge in [-0.2, -0.15) is 0 Å². The molecule has 0 saturated heterocycles. The van der Waals surface area contributed by atoms with Gasteiger partial charge in [0.1, 0.15) is 6.10 Å². The fourth-order valence-corrected chi connectivity index (χ4v) is 8.89. The predicted molar refractivity (Wildman–Crippen MR) is 278 cm³/mol. The maximum atomic E-state index is 13.2. The molecule has 0 aromatic heterocycles. The third-order valence-corrected chi connectivity index (χ3v) is 13.3. The number of unbranched alkanes of at least 4 members (excludes halogenated alkanes) is 36. The Hall–Kier alpha value is -1.66. The number of allylic oxidation sites excluding steroid dienone is 4. The van der Waals surface area contributed by atoms with Gasteiger partial charge in [0, 0.05) is 6.42 Å². The van der Waals surface area contributed by atoms with E-state index in [1.165, 1.54) is 199 Å². The van der Waals surface area contributed by atoms with E-state index in [0.29, 0.717) is 19.3 Å². The molecule has 3 atom stereocenters. The maximum absolute atomic E-state index is 13.2. The van der Waals surface area contributed by atoms with Gasteiger partial charge in [0.05, 0.1) is 25.2 Å². The number of esters is 1. The molecule has 0 fully saturated rings. The van der Waals surface area contributed by atoms with Crippen LogP contribution in [0.2, 0.25) is 0 Å². The topological polar surface area (TPSA) is 95.9 Å². The Morgan fingerprint density at radius 2 is 0.750 bits per heavy atom. The van der Waals surface area contributed by atoms with Crippen LogP contribution in [-0.4, -0.2) is 46.9 Å². The van der Waals surface area contributed by atoms with Crippen LogP contribution in [0.1, 0.15) is 310 Å². The second-order valence-electron chi connectivity index (χ2n) is 19.7. The van der Waals surface area contributed by atoms with E-state index in [2.05, 4.69) is 50.4 Å². The third-order valence-electron chi connectivity index (χ3n) is 13.3. The first kappa shape index (κ1) is 62.3. The summed E-state index contributed by atoms with van der Waals surface area (Å²) in [5, 5.41) is 23.8. The van der Waals surface area contributed by atoms with Gasteiger partial charge in [-0.25, -0.2) is 0 Å². The highest BCUT2D eigenvalue weighted by atomic mass is 16.5. The first-order valence-corrected chi connectivity index (χ1v) is 28.6. The first-order chi connectivity index (χ1) is 31.5. The Kier molecular flexibility index (Phi) is 51.0. The Morgan fingerprint density at radius 3 is 1.12 bits per heavy atom. The van der Waals surface area contributed by atoms with Gasteiger partial charge in [0.25, 0.3) is 0 Å². The molecule has 3 N–H and O–H groups in total. The van der Waals surface area contributed by atoms with Crippen molar-refractivity contribution in [3.63, 3.8) is 0 Å². The summed E-state index contributed by atoms with van der Waals surface area (Å²) in [4.78, 5) is 26.2. The summed E-state index contributed by atoms with van der Waals surface area (Å²) in [6, 6.07) is -0.702. The second kappa shape index (κ2) is 52.3. The summed E-state index contributed by atoms with van der Waals surface area (Å²) < 4.78 is 5.95. The van der Waals surface area contributed by atoms with Crippen molar-refractivity contribution in [2.24, 2.45) is 0 Å². The van der Waals surface area contributed by atoms with Gasteiger partial charge in [-0.05, 0) is 77.0 Å². The number of ether oxygens (including phenoxy) is 1. The molecule has 3 unspecified atom stereocenters. The molecule has 0 bridgehead atoms. The normalized spacial score (nSPS) is 13.3. The maximum Gasteiger partial charge on any atom is 0.306 e. The Balaban J connectivity index is 4.52. The number of hydrogen-bond acceptors (Lipinski definition) is 5. The van der Waals surface area contributed by atoms with Crippen molar-refractivity contribution in [3.8, 4) is 0 Å². The van der Waals surface area contributed by atoms with Crippen molar-refractivity contribution in [2.75, 3.05) is 6.61 Å². The van der Waals surface area contributed by atoms with E-state index in [1.54, 1.807) is 0 Å². The van der Waals surface area contributed by atoms with Crippen LogP contribution in [0.15, 0.2) is 24.3 Å². The van der Waals surface area contributed by atoms with Gasteiger partial charge in [-0.15, -0.1) is 0 Å². The lowest BCUT2D eigenvalue weighted by Crippen LogP contribution is -2.46. The van der Waals surface area contributed by atoms with Gasteiger partial charge in [-0.1, -0.05) is 244 Å². The molecule has 0 heterocycles. The van der Waals surface area contributed by atoms with Gasteiger partial charge in [-0.3, -0.25) is 9.59 Å². The molecule has 64 heavy (non-hydrogen) atoms. The monoisotopic (exact) mass is 902 g/mol. The number of carbonyl (C=O) groups excluding carboxylic acids is 2. The highest BCUT2D eigenvalue weighted by Gasteiger charge is 2.24. The molecule has 1 amide bonds. The quantitative estimate of drug-likeness (QED) is 0.0321. The molecule has 0 aliphatic rings. The Morgan fingerprint density at radius 1 is 0.438 bits per heavy atom. The number of amides is 1. The molecule has 0 aromatic rings. The highest BCUT2D eigenvalue weighted by molar-refractivity contribution is 5.77. The van der Waals surface area contributed by atoms with Gasteiger partial charge in [0.15, 0.2) is 0 Å². The van der Waals surface area contributed by atoms with E-state index >= 15 is 0 Å². The van der Waals surface area contributed by atoms with Crippen molar-refractivity contribution in [2.45, 2.75) is 328 Å². The van der Waals surface area contributed by atoms with Crippen molar-refractivity contribution in [1.29, 1.82) is 0 Å². The standard InChI is InChI=1S/C58H111NO5/c1-4-7-10-13-16-19-22-24-26-28-29-30-32-34-36-39-42-45-48-51-58(63)64-54(49-46-43-40-37-35-33-31-27-25-23-20-17-14-11-8-5-2)52-57(62)59-55(53-60)56(61)50-47-44-41-38-21-18-15-12-9-6-3/h24,26,33,35,54-56,60-61H,4-23,25,27-32,34,36-53H2,1-3H3,(H,59,62)/b26-24+,35-33+. The zero-order valence-electron chi connectivity index (χ0n) is 43.2. The Labute approximate surface area is 399 Å². The molecule has 6 heteroatoms. The van der Waals surface area contributed by atoms with Crippen molar-refractivity contribution in [1.82, 2.24) is 5.32 Å². The van der Waals surface area contributed by atoms with Crippen LogP contribution in [0.4, 0.5) is 0 Å². The fraction of sp³-hybridized carbons (Fsp3) is 0.897. The summed E-state index contributed by atoms with van der Waals surface area (Å²) in [5.74, 6) is -0.476. The number of hydrogen-bond donors (Lipinski definition) is 3. The predicted octanol–water partition coefficient (Wildman–Crippen LogP) is 17.5. The lowest BCUT2D eigenvalue weighted by Gasteiger charge is -2.24. The van der Waals surface area contributed by atoms with E-state index in [0.717, 1.165) is 64.2 Å². The lowest BCUT2D eigenvalue weighted by atomic mass is 10.0. The zero-order valence-corrected chi connectivity index (χ0v) is 43.2. The van der Waals surface area contributed by atoms with Crippen molar-refractivity contribution in [3.05, 3.63) is 24.3 Å². The van der Waals surface area contributed by atoms with E-state index in [-0.39, 0.29) is 24.9 Å². The molecular weight excluding hydrogens is 791 g/mol. The average Bonchev–Trinajstić information content (AvgIpc) is 3.29. The van der Waals surface area contributed by atoms with Crippen LogP contribution in [-0.2, 0) is 14.3 Å². The minimum Gasteiger partial charge on any atom is -0.462 e. The lowest BCUT2D eigenvalue weighted by molar-refractivity contribution is -0.151. The van der Waals surface area contributed by atoms with Crippen LogP contribution in [0.25, 0.3) is 0 Å². The number of carbonyl (C=O) groups is 2. The molecule has 0 saturated carbocycles. The summed E-state index contributed by atoms with van der Waals surface area (Å²) in [7, 11) is 0. The summed E-state index contributed by atoms with van der Waals surface area (Å²) in [5.41, 5.74) is 0. The molecule has 0 radical (unpaired) electrons. The molecule has 0 aliphatic heterocycles. The molecule has 0 rings (SSSR count). The minimum atomic E-state index is -0.788. The largest absolute Gasteiger partial charge is 0.462 e. The van der Waals surface area contributed by atoms with Crippen LogP contribution in [0.5, 0.6) is 0 Å². The van der Waals surface area contributed by atoms with Crippen LogP contribution >= 0.6 is 0 Å². The van der Waals surface area contributed by atoms with Crippen LogP contribution in [0, 0.1) is 0 Å². The van der Waals surface area contributed by atoms with Gasteiger partial charge < -0.3 is 20.3 Å². The Bertz CT molecular complexity index is 1010. The van der Waals surface area contributed by atoms with Crippen molar-refractivity contribution >= 4 is 11.9 Å². The first-order valence-electron chi connectivity index (χ1n) is 28.6. The van der Waals surface area contributed by atoms with Crippen molar-refractivity contribution < 1.29 is 24.5 Å². The van der Waals surface area contributed by atoms with E-state index in [9.17, 15) is 19.8 Å². The minimum absolute atomic E-state index is 0.0708. The SMILES string of the molecule is CCCCCCCC/C=C/CCCCCCCCCCCC(=O)OC(CCCCC/C=C/CCCCCCCCCCC)CC(=O)NC(CO)C(O)CCCCCCCCCCCC. The van der Waals surface area contributed by atoms with E-state index in [1.807, 2.05) is 0 Å². The number of nitrogens with one attached hydrogen (secondary N) is 1. The summed E-state index contributed by atoms with van der Waals surface area (Å²) in [6.07, 6.45) is 61.1. The summed E-state index contributed by atoms with van der Waals surface area (Å²) in [6.45, 7) is 6.49. The zero-order chi connectivity index (χ0) is 46.7.